The van der Waals surface area contributed by atoms with Crippen molar-refractivity contribution in [3.05, 3.63) is 33.9 Å². The Morgan fingerprint density at radius 3 is 2.20 bits per heavy atom. The Bertz CT molecular complexity index is 777. The van der Waals surface area contributed by atoms with Gasteiger partial charge >= 0.3 is 0 Å². The molecular formula is C25H37N3O2. The van der Waals surface area contributed by atoms with E-state index in [9.17, 15) is 10.1 Å². The fourth-order valence-electron chi connectivity index (χ4n) is 7.98. The van der Waals surface area contributed by atoms with Gasteiger partial charge in [0.15, 0.2) is 0 Å². The molecule has 0 amide bonds. The van der Waals surface area contributed by atoms with Crippen LogP contribution in [0.25, 0.3) is 0 Å². The van der Waals surface area contributed by atoms with Crippen LogP contribution in [0.4, 0.5) is 11.4 Å². The second kappa shape index (κ2) is 7.51. The molecule has 6 rings (SSSR count). The first-order chi connectivity index (χ1) is 14.3. The fourth-order valence-corrected chi connectivity index (χ4v) is 7.98. The predicted molar refractivity (Wildman–Crippen MR) is 121 cm³/mol. The smallest absolute Gasteiger partial charge is 0.272 e. The number of nitro benzene ring substituents is 1. The molecule has 5 heteroatoms. The van der Waals surface area contributed by atoms with Gasteiger partial charge in [-0.15, -0.1) is 0 Å². The van der Waals surface area contributed by atoms with E-state index >= 15 is 0 Å². The SMILES string of the molecule is CC1CN(c2ccc([N+](=O)[O-])c(CC(C)C34CC5CC(CC(C5)C3)C4)c2)CC(C)N1. The van der Waals surface area contributed by atoms with Gasteiger partial charge in [0, 0.05) is 42.5 Å². The summed E-state index contributed by atoms with van der Waals surface area (Å²) in [5.41, 5.74) is 2.83. The monoisotopic (exact) mass is 411 g/mol. The van der Waals surface area contributed by atoms with E-state index in [1.165, 1.54) is 38.5 Å². The van der Waals surface area contributed by atoms with E-state index in [0.717, 1.165) is 48.5 Å². The highest BCUT2D eigenvalue weighted by Gasteiger charge is 2.53. The number of benzene rings is 1. The molecule has 5 nitrogen and oxygen atoms in total. The summed E-state index contributed by atoms with van der Waals surface area (Å²) in [6.07, 6.45) is 9.26. The maximum absolute atomic E-state index is 11.8. The molecule has 164 valence electrons. The molecule has 1 heterocycles. The number of rotatable bonds is 5. The minimum atomic E-state index is -0.172. The fraction of sp³-hybridized carbons (Fsp3) is 0.760. The average molecular weight is 412 g/mol. The van der Waals surface area contributed by atoms with Crippen LogP contribution >= 0.6 is 0 Å². The van der Waals surface area contributed by atoms with E-state index in [2.05, 4.69) is 37.1 Å². The van der Waals surface area contributed by atoms with Gasteiger partial charge in [-0.1, -0.05) is 6.92 Å². The van der Waals surface area contributed by atoms with Crippen LogP contribution in [0.2, 0.25) is 0 Å². The van der Waals surface area contributed by atoms with E-state index in [-0.39, 0.29) is 4.92 Å². The summed E-state index contributed by atoms with van der Waals surface area (Å²) in [5.74, 6) is 3.28. The van der Waals surface area contributed by atoms with Crippen LogP contribution in [0.5, 0.6) is 0 Å². The third kappa shape index (κ3) is 3.63. The Morgan fingerprint density at radius 1 is 1.10 bits per heavy atom. The normalized spacial score (nSPS) is 38.6. The van der Waals surface area contributed by atoms with Crippen molar-refractivity contribution in [2.75, 3.05) is 18.0 Å². The van der Waals surface area contributed by atoms with Crippen molar-refractivity contribution in [2.45, 2.75) is 77.8 Å². The summed E-state index contributed by atoms with van der Waals surface area (Å²) in [5, 5.41) is 15.4. The molecule has 0 radical (unpaired) electrons. The molecule has 4 saturated carbocycles. The zero-order valence-corrected chi connectivity index (χ0v) is 18.8. The standard InChI is InChI=1S/C25H37N3O2/c1-16(25-11-19-7-20(12-25)9-21(8-19)13-25)6-22-10-23(4-5-24(22)28(29)30)27-14-17(2)26-18(3)15-27/h4-5,10,16-21,26H,6-9,11-15H2,1-3H3. The lowest BCUT2D eigenvalue weighted by Crippen LogP contribution is -2.54. The van der Waals surface area contributed by atoms with E-state index < -0.39 is 0 Å². The van der Waals surface area contributed by atoms with Gasteiger partial charge in [0.05, 0.1) is 4.92 Å². The van der Waals surface area contributed by atoms with Gasteiger partial charge in [-0.25, -0.2) is 0 Å². The molecule has 1 aromatic carbocycles. The highest BCUT2D eigenvalue weighted by molar-refractivity contribution is 5.56. The second-order valence-electron chi connectivity index (χ2n) is 11.3. The Kier molecular flexibility index (Phi) is 5.08. The first-order valence-electron chi connectivity index (χ1n) is 12.1. The second-order valence-corrected chi connectivity index (χ2v) is 11.3. The summed E-state index contributed by atoms with van der Waals surface area (Å²) in [7, 11) is 0. The number of nitrogens with zero attached hydrogens (tertiary/aromatic N) is 2. The molecule has 5 fully saturated rings. The third-order valence-corrected chi connectivity index (χ3v) is 8.84. The van der Waals surface area contributed by atoms with Crippen LogP contribution in [0.15, 0.2) is 18.2 Å². The Morgan fingerprint density at radius 2 is 1.67 bits per heavy atom. The summed E-state index contributed by atoms with van der Waals surface area (Å²) >= 11 is 0. The number of hydrogen-bond acceptors (Lipinski definition) is 4. The zero-order valence-electron chi connectivity index (χ0n) is 18.8. The minimum absolute atomic E-state index is 0.172. The van der Waals surface area contributed by atoms with Crippen LogP contribution in [0.3, 0.4) is 0 Å². The van der Waals surface area contributed by atoms with Crippen molar-refractivity contribution >= 4 is 11.4 Å². The van der Waals surface area contributed by atoms with Crippen LogP contribution in [-0.2, 0) is 6.42 Å². The first-order valence-corrected chi connectivity index (χ1v) is 12.1. The van der Waals surface area contributed by atoms with Crippen LogP contribution < -0.4 is 10.2 Å². The van der Waals surface area contributed by atoms with Gasteiger partial charge in [0.1, 0.15) is 0 Å². The molecule has 4 bridgehead atoms. The summed E-state index contributed by atoms with van der Waals surface area (Å²) in [6.45, 7) is 8.71. The predicted octanol–water partition coefficient (Wildman–Crippen LogP) is 5.18. The minimum Gasteiger partial charge on any atom is -0.368 e. The highest BCUT2D eigenvalue weighted by Crippen LogP contribution is 2.63. The third-order valence-electron chi connectivity index (χ3n) is 8.84. The molecule has 1 aliphatic heterocycles. The van der Waals surface area contributed by atoms with Crippen molar-refractivity contribution in [3.8, 4) is 0 Å². The van der Waals surface area contributed by atoms with Crippen molar-refractivity contribution in [2.24, 2.45) is 29.1 Å². The Balaban J connectivity index is 1.41. The lowest BCUT2D eigenvalue weighted by Gasteiger charge is -2.59. The number of hydrogen-bond donors (Lipinski definition) is 1. The number of piperazine rings is 1. The quantitative estimate of drug-likeness (QED) is 0.536. The topological polar surface area (TPSA) is 58.4 Å². The lowest BCUT2D eigenvalue weighted by atomic mass is 9.46. The Hall–Kier alpha value is -1.62. The van der Waals surface area contributed by atoms with Gasteiger partial charge in [-0.2, -0.15) is 0 Å². The van der Waals surface area contributed by atoms with Crippen LogP contribution in [0, 0.1) is 39.2 Å². The lowest BCUT2D eigenvalue weighted by molar-refractivity contribution is -0.385. The molecule has 0 spiro atoms. The van der Waals surface area contributed by atoms with Crippen LogP contribution in [0.1, 0.15) is 64.9 Å². The molecule has 5 aliphatic rings. The molecular weight excluding hydrogens is 374 g/mol. The van der Waals surface area contributed by atoms with Crippen molar-refractivity contribution in [1.82, 2.24) is 5.32 Å². The molecule has 1 saturated heterocycles. The molecule has 3 atom stereocenters. The van der Waals surface area contributed by atoms with Gasteiger partial charge in [0.25, 0.3) is 5.69 Å². The molecule has 30 heavy (non-hydrogen) atoms. The first kappa shape index (κ1) is 20.3. The summed E-state index contributed by atoms with van der Waals surface area (Å²) < 4.78 is 0. The Labute approximate surface area is 180 Å². The van der Waals surface area contributed by atoms with Gasteiger partial charge in [-0.05, 0) is 100 Å². The van der Waals surface area contributed by atoms with E-state index in [4.69, 9.17) is 0 Å². The maximum Gasteiger partial charge on any atom is 0.272 e. The van der Waals surface area contributed by atoms with Gasteiger partial charge in [0.2, 0.25) is 0 Å². The molecule has 4 aliphatic carbocycles. The molecule has 1 N–H and O–H groups in total. The van der Waals surface area contributed by atoms with Crippen molar-refractivity contribution in [3.63, 3.8) is 0 Å². The van der Waals surface area contributed by atoms with Crippen molar-refractivity contribution in [1.29, 1.82) is 0 Å². The van der Waals surface area contributed by atoms with Gasteiger partial charge in [-0.3, -0.25) is 10.1 Å². The van der Waals surface area contributed by atoms with Crippen molar-refractivity contribution < 1.29 is 4.92 Å². The van der Waals surface area contributed by atoms with Crippen LogP contribution in [-0.4, -0.2) is 30.1 Å². The molecule has 3 unspecified atom stereocenters. The largest absolute Gasteiger partial charge is 0.368 e. The number of nitrogens with one attached hydrogen (secondary N) is 1. The average Bonchev–Trinajstić information content (AvgIpc) is 2.66. The maximum atomic E-state index is 11.8. The molecule has 1 aromatic rings. The molecule has 0 aromatic heterocycles. The van der Waals surface area contributed by atoms with E-state index in [1.807, 2.05) is 6.07 Å². The summed E-state index contributed by atoms with van der Waals surface area (Å²) in [6, 6.07) is 6.72. The van der Waals surface area contributed by atoms with E-state index in [1.54, 1.807) is 6.07 Å². The highest BCUT2D eigenvalue weighted by atomic mass is 16.6. The number of anilines is 1. The zero-order chi connectivity index (χ0) is 21.0. The van der Waals surface area contributed by atoms with E-state index in [0.29, 0.717) is 29.1 Å². The number of nitro groups is 1. The van der Waals surface area contributed by atoms with Gasteiger partial charge < -0.3 is 10.2 Å². The summed E-state index contributed by atoms with van der Waals surface area (Å²) in [4.78, 5) is 14.1.